The molecule has 0 radical (unpaired) electrons. The van der Waals surface area contributed by atoms with Gasteiger partial charge in [0.25, 0.3) is 0 Å². The summed E-state index contributed by atoms with van der Waals surface area (Å²) in [6, 6.07) is 12.9. The summed E-state index contributed by atoms with van der Waals surface area (Å²) >= 11 is 0. The number of benzene rings is 2. The molecule has 3 nitrogen and oxygen atoms in total. The molecule has 0 fully saturated rings. The van der Waals surface area contributed by atoms with Gasteiger partial charge >= 0.3 is 12.1 Å². The molecule has 6 heteroatoms. The van der Waals surface area contributed by atoms with E-state index in [1.165, 1.54) is 12.1 Å². The summed E-state index contributed by atoms with van der Waals surface area (Å²) in [4.78, 5) is 11.2. The van der Waals surface area contributed by atoms with Crippen LogP contribution >= 0.6 is 0 Å². The van der Waals surface area contributed by atoms with E-state index in [1.807, 2.05) is 0 Å². The van der Waals surface area contributed by atoms with E-state index in [2.05, 4.69) is 0 Å². The minimum absolute atomic E-state index is 0.0619. The van der Waals surface area contributed by atoms with E-state index in [4.69, 9.17) is 4.74 Å². The molecular formula is C16H13F3O3. The number of alkyl halides is 3. The minimum atomic E-state index is -4.50. The van der Waals surface area contributed by atoms with Crippen molar-refractivity contribution in [1.82, 2.24) is 0 Å². The average Bonchev–Trinajstić information content (AvgIpc) is 2.47. The summed E-state index contributed by atoms with van der Waals surface area (Å²) in [5, 5.41) is 9.18. The van der Waals surface area contributed by atoms with Gasteiger partial charge in [-0.15, -0.1) is 0 Å². The maximum absolute atomic E-state index is 12.6. The van der Waals surface area contributed by atoms with E-state index in [0.29, 0.717) is 0 Å². The van der Waals surface area contributed by atoms with Gasteiger partial charge in [0.05, 0.1) is 5.56 Å². The molecule has 0 aliphatic rings. The van der Waals surface area contributed by atoms with Crippen molar-refractivity contribution in [3.05, 3.63) is 65.7 Å². The van der Waals surface area contributed by atoms with Crippen LogP contribution in [0.1, 0.15) is 11.1 Å². The standard InChI is InChI=1S/C16H13F3O3/c17-16(18,19)12-7-4-8-13(10-12)22-14(15(20)21)9-11-5-2-1-3-6-11/h1-8,10,14H,9H2,(H,20,21)/t14-/m0/s1. The highest BCUT2D eigenvalue weighted by Gasteiger charge is 2.31. The van der Waals surface area contributed by atoms with Gasteiger partial charge < -0.3 is 9.84 Å². The lowest BCUT2D eigenvalue weighted by atomic mass is 10.1. The number of halogens is 3. The zero-order valence-electron chi connectivity index (χ0n) is 11.4. The van der Waals surface area contributed by atoms with Crippen LogP contribution in [-0.4, -0.2) is 17.2 Å². The van der Waals surface area contributed by atoms with Gasteiger partial charge in [-0.1, -0.05) is 36.4 Å². The van der Waals surface area contributed by atoms with Crippen molar-refractivity contribution >= 4 is 5.97 Å². The second-order valence-electron chi connectivity index (χ2n) is 4.66. The zero-order chi connectivity index (χ0) is 16.2. The Morgan fingerprint density at radius 2 is 1.77 bits per heavy atom. The number of hydrogen-bond donors (Lipinski definition) is 1. The normalized spacial score (nSPS) is 12.7. The zero-order valence-corrected chi connectivity index (χ0v) is 11.4. The fraction of sp³-hybridized carbons (Fsp3) is 0.188. The number of carbonyl (C=O) groups is 1. The minimum Gasteiger partial charge on any atom is -0.478 e. The summed E-state index contributed by atoms with van der Waals surface area (Å²) < 4.78 is 43.1. The Kier molecular flexibility index (Phi) is 4.70. The quantitative estimate of drug-likeness (QED) is 0.914. The summed E-state index contributed by atoms with van der Waals surface area (Å²) in [5.74, 6) is -1.36. The summed E-state index contributed by atoms with van der Waals surface area (Å²) in [7, 11) is 0. The molecule has 0 aromatic heterocycles. The number of hydrogen-bond acceptors (Lipinski definition) is 2. The highest BCUT2D eigenvalue weighted by molar-refractivity contribution is 5.73. The molecular weight excluding hydrogens is 297 g/mol. The fourth-order valence-electron chi connectivity index (χ4n) is 1.92. The smallest absolute Gasteiger partial charge is 0.416 e. The molecule has 0 aliphatic carbocycles. The van der Waals surface area contributed by atoms with Crippen LogP contribution in [0.4, 0.5) is 13.2 Å². The molecule has 2 aromatic rings. The molecule has 0 spiro atoms. The summed E-state index contributed by atoms with van der Waals surface area (Å²) in [6.45, 7) is 0. The van der Waals surface area contributed by atoms with Crippen molar-refractivity contribution in [2.24, 2.45) is 0 Å². The highest BCUT2D eigenvalue weighted by Crippen LogP contribution is 2.31. The Morgan fingerprint density at radius 1 is 1.09 bits per heavy atom. The first kappa shape index (κ1) is 15.9. The molecule has 0 saturated carbocycles. The Labute approximate surface area is 125 Å². The van der Waals surface area contributed by atoms with Gasteiger partial charge in [0, 0.05) is 6.42 Å². The van der Waals surface area contributed by atoms with Crippen molar-refractivity contribution < 1.29 is 27.8 Å². The van der Waals surface area contributed by atoms with Crippen molar-refractivity contribution in [3.8, 4) is 5.75 Å². The molecule has 0 aliphatic heterocycles. The predicted molar refractivity (Wildman–Crippen MR) is 73.6 cm³/mol. The van der Waals surface area contributed by atoms with Gasteiger partial charge in [0.2, 0.25) is 0 Å². The molecule has 2 rings (SSSR count). The molecule has 0 saturated heterocycles. The molecule has 2 aromatic carbocycles. The van der Waals surface area contributed by atoms with E-state index in [-0.39, 0.29) is 12.2 Å². The van der Waals surface area contributed by atoms with Gasteiger partial charge in [-0.25, -0.2) is 4.79 Å². The van der Waals surface area contributed by atoms with Gasteiger partial charge in [0.1, 0.15) is 5.75 Å². The third-order valence-corrected chi connectivity index (χ3v) is 2.98. The first-order valence-electron chi connectivity index (χ1n) is 6.47. The largest absolute Gasteiger partial charge is 0.478 e. The molecule has 0 bridgehead atoms. The predicted octanol–water partition coefficient (Wildman–Crippen LogP) is 3.78. The van der Waals surface area contributed by atoms with E-state index in [1.54, 1.807) is 30.3 Å². The molecule has 0 unspecified atom stereocenters. The third kappa shape index (κ3) is 4.25. The Hall–Kier alpha value is -2.50. The van der Waals surface area contributed by atoms with Crippen LogP contribution in [0.2, 0.25) is 0 Å². The van der Waals surface area contributed by atoms with Crippen LogP contribution in [0.25, 0.3) is 0 Å². The van der Waals surface area contributed by atoms with E-state index in [0.717, 1.165) is 17.7 Å². The molecule has 0 amide bonds. The van der Waals surface area contributed by atoms with Crippen molar-refractivity contribution in [2.45, 2.75) is 18.7 Å². The fourth-order valence-corrected chi connectivity index (χ4v) is 1.92. The van der Waals surface area contributed by atoms with Gasteiger partial charge in [0.15, 0.2) is 6.10 Å². The van der Waals surface area contributed by atoms with Crippen LogP contribution in [0.15, 0.2) is 54.6 Å². The van der Waals surface area contributed by atoms with E-state index in [9.17, 15) is 23.1 Å². The topological polar surface area (TPSA) is 46.5 Å². The third-order valence-electron chi connectivity index (χ3n) is 2.98. The SMILES string of the molecule is O=C(O)[C@H](Cc1ccccc1)Oc1cccc(C(F)(F)F)c1. The van der Waals surface area contributed by atoms with Crippen molar-refractivity contribution in [1.29, 1.82) is 0 Å². The monoisotopic (exact) mass is 310 g/mol. The molecule has 116 valence electrons. The Bertz CT molecular complexity index is 639. The molecule has 22 heavy (non-hydrogen) atoms. The number of carboxylic acid groups (broad SMARTS) is 1. The van der Waals surface area contributed by atoms with Crippen molar-refractivity contribution in [2.75, 3.05) is 0 Å². The summed E-state index contributed by atoms with van der Waals surface area (Å²) in [6.07, 6.45) is -5.70. The first-order valence-corrected chi connectivity index (χ1v) is 6.47. The maximum atomic E-state index is 12.6. The van der Waals surface area contributed by atoms with E-state index >= 15 is 0 Å². The van der Waals surface area contributed by atoms with Gasteiger partial charge in [-0.2, -0.15) is 13.2 Å². The second kappa shape index (κ2) is 6.51. The highest BCUT2D eigenvalue weighted by atomic mass is 19.4. The molecule has 1 N–H and O–H groups in total. The molecule has 0 heterocycles. The van der Waals surface area contributed by atoms with Crippen molar-refractivity contribution in [3.63, 3.8) is 0 Å². The lowest BCUT2D eigenvalue weighted by molar-refractivity contribution is -0.145. The summed E-state index contributed by atoms with van der Waals surface area (Å²) in [5.41, 5.74) is -0.157. The van der Waals surface area contributed by atoms with Crippen LogP contribution in [0.5, 0.6) is 5.75 Å². The van der Waals surface area contributed by atoms with E-state index < -0.39 is 23.8 Å². The van der Waals surface area contributed by atoms with Crippen LogP contribution in [0.3, 0.4) is 0 Å². The number of carboxylic acids is 1. The van der Waals surface area contributed by atoms with Crippen LogP contribution < -0.4 is 4.74 Å². The molecule has 1 atom stereocenters. The number of rotatable bonds is 5. The second-order valence-corrected chi connectivity index (χ2v) is 4.66. The Morgan fingerprint density at radius 3 is 2.36 bits per heavy atom. The lowest BCUT2D eigenvalue weighted by Crippen LogP contribution is -2.29. The first-order chi connectivity index (χ1) is 10.4. The maximum Gasteiger partial charge on any atom is 0.416 e. The van der Waals surface area contributed by atoms with Gasteiger partial charge in [-0.05, 0) is 23.8 Å². The Balaban J connectivity index is 2.16. The van der Waals surface area contributed by atoms with Crippen LogP contribution in [0, 0.1) is 0 Å². The lowest BCUT2D eigenvalue weighted by Gasteiger charge is -2.16. The van der Waals surface area contributed by atoms with Crippen LogP contribution in [-0.2, 0) is 17.4 Å². The number of aliphatic carboxylic acids is 1. The average molecular weight is 310 g/mol. The van der Waals surface area contributed by atoms with Gasteiger partial charge in [-0.3, -0.25) is 0 Å². The number of ether oxygens (including phenoxy) is 1.